The predicted molar refractivity (Wildman–Crippen MR) is 75.9 cm³/mol. The minimum atomic E-state index is -1.05. The lowest BCUT2D eigenvalue weighted by Crippen LogP contribution is -2.23. The van der Waals surface area contributed by atoms with E-state index in [2.05, 4.69) is 12.2 Å². The van der Waals surface area contributed by atoms with Gasteiger partial charge in [0.05, 0.1) is 0 Å². The van der Waals surface area contributed by atoms with Gasteiger partial charge in [-0.3, -0.25) is 0 Å². The molecule has 0 saturated carbocycles. The third kappa shape index (κ3) is 3.59. The Morgan fingerprint density at radius 1 is 1.45 bits per heavy atom. The average molecular weight is 277 g/mol. The van der Waals surface area contributed by atoms with Gasteiger partial charge in [-0.05, 0) is 29.7 Å². The van der Waals surface area contributed by atoms with Gasteiger partial charge in [-0.1, -0.05) is 13.0 Å². The number of carboxylic acid groups (broad SMARTS) is 1. The first-order chi connectivity index (χ1) is 9.60. The van der Waals surface area contributed by atoms with Crippen molar-refractivity contribution in [2.75, 3.05) is 20.3 Å². The number of ether oxygens (including phenoxy) is 1. The van der Waals surface area contributed by atoms with Gasteiger partial charge in [0.1, 0.15) is 5.58 Å². The van der Waals surface area contributed by atoms with Crippen LogP contribution in [-0.4, -0.2) is 31.3 Å². The molecule has 2 rings (SSSR count). The first-order valence-electron chi connectivity index (χ1n) is 6.55. The van der Waals surface area contributed by atoms with Gasteiger partial charge in [-0.15, -0.1) is 0 Å². The second kappa shape index (κ2) is 6.54. The highest BCUT2D eigenvalue weighted by Gasteiger charge is 2.10. The van der Waals surface area contributed by atoms with E-state index in [-0.39, 0.29) is 5.76 Å². The van der Waals surface area contributed by atoms with E-state index >= 15 is 0 Å². The van der Waals surface area contributed by atoms with Crippen LogP contribution in [0.15, 0.2) is 28.7 Å². The van der Waals surface area contributed by atoms with Crippen LogP contribution in [0, 0.1) is 5.92 Å². The van der Waals surface area contributed by atoms with E-state index in [9.17, 15) is 4.79 Å². The highest BCUT2D eigenvalue weighted by molar-refractivity contribution is 5.91. The van der Waals surface area contributed by atoms with Gasteiger partial charge in [0, 0.05) is 32.2 Å². The fraction of sp³-hybridized carbons (Fsp3) is 0.400. The summed E-state index contributed by atoms with van der Waals surface area (Å²) in [4.78, 5) is 10.8. The number of benzene rings is 1. The van der Waals surface area contributed by atoms with E-state index in [0.29, 0.717) is 11.5 Å². The smallest absolute Gasteiger partial charge is 0.371 e. The van der Waals surface area contributed by atoms with Crippen LogP contribution in [0.4, 0.5) is 0 Å². The number of furan rings is 1. The largest absolute Gasteiger partial charge is 0.475 e. The normalized spacial score (nSPS) is 12.7. The maximum Gasteiger partial charge on any atom is 0.371 e. The van der Waals surface area contributed by atoms with E-state index < -0.39 is 5.97 Å². The zero-order chi connectivity index (χ0) is 14.5. The lowest BCUT2D eigenvalue weighted by Gasteiger charge is -2.11. The topological polar surface area (TPSA) is 71.7 Å². The van der Waals surface area contributed by atoms with Gasteiger partial charge >= 0.3 is 5.97 Å². The molecule has 1 aromatic heterocycles. The van der Waals surface area contributed by atoms with Crippen LogP contribution in [0.3, 0.4) is 0 Å². The van der Waals surface area contributed by atoms with Gasteiger partial charge in [0.15, 0.2) is 0 Å². The van der Waals surface area contributed by atoms with Crippen LogP contribution >= 0.6 is 0 Å². The number of aromatic carboxylic acids is 1. The molecule has 0 spiro atoms. The Morgan fingerprint density at radius 2 is 2.25 bits per heavy atom. The number of nitrogens with one attached hydrogen (secondary N) is 1. The van der Waals surface area contributed by atoms with Crippen LogP contribution in [-0.2, 0) is 11.3 Å². The summed E-state index contributed by atoms with van der Waals surface area (Å²) >= 11 is 0. The molecule has 0 aliphatic heterocycles. The van der Waals surface area contributed by atoms with E-state index in [1.807, 2.05) is 12.1 Å². The summed E-state index contributed by atoms with van der Waals surface area (Å²) < 4.78 is 10.3. The Hall–Kier alpha value is -1.85. The molecule has 0 aliphatic carbocycles. The molecule has 0 aliphatic rings. The summed E-state index contributed by atoms with van der Waals surface area (Å²) in [5.74, 6) is -0.621. The van der Waals surface area contributed by atoms with Gasteiger partial charge in [-0.2, -0.15) is 0 Å². The molecule has 1 unspecified atom stereocenters. The quantitative estimate of drug-likeness (QED) is 0.813. The second-order valence-electron chi connectivity index (χ2n) is 4.98. The first kappa shape index (κ1) is 14.6. The van der Waals surface area contributed by atoms with Gasteiger partial charge in [0.2, 0.25) is 5.76 Å². The number of rotatable bonds is 7. The number of methoxy groups -OCH3 is 1. The van der Waals surface area contributed by atoms with Gasteiger partial charge < -0.3 is 19.6 Å². The first-order valence-corrected chi connectivity index (χ1v) is 6.55. The second-order valence-corrected chi connectivity index (χ2v) is 4.98. The lowest BCUT2D eigenvalue weighted by molar-refractivity contribution is 0.0665. The molecule has 2 aromatic rings. The Labute approximate surface area is 117 Å². The van der Waals surface area contributed by atoms with Crippen molar-refractivity contribution in [1.82, 2.24) is 5.32 Å². The molecule has 108 valence electrons. The molecule has 5 heteroatoms. The Kier molecular flexibility index (Phi) is 4.76. The number of carboxylic acids is 1. The predicted octanol–water partition coefficient (Wildman–Crippen LogP) is 2.50. The van der Waals surface area contributed by atoms with Crippen LogP contribution in [0.2, 0.25) is 0 Å². The summed E-state index contributed by atoms with van der Waals surface area (Å²) in [6.45, 7) is 4.46. The minimum absolute atomic E-state index is 0.0289. The minimum Gasteiger partial charge on any atom is -0.475 e. The molecule has 2 N–H and O–H groups in total. The summed E-state index contributed by atoms with van der Waals surface area (Å²) in [7, 11) is 1.70. The van der Waals surface area contributed by atoms with Gasteiger partial charge in [0.25, 0.3) is 0 Å². The number of hydrogen-bond donors (Lipinski definition) is 2. The molecule has 20 heavy (non-hydrogen) atoms. The van der Waals surface area contributed by atoms with Crippen molar-refractivity contribution >= 4 is 16.9 Å². The number of carbonyl (C=O) groups is 1. The van der Waals surface area contributed by atoms with Crippen molar-refractivity contribution in [3.05, 3.63) is 35.6 Å². The van der Waals surface area contributed by atoms with Crippen molar-refractivity contribution in [3.63, 3.8) is 0 Å². The average Bonchev–Trinajstić information content (AvgIpc) is 2.82. The molecule has 0 radical (unpaired) electrons. The Bertz CT molecular complexity index is 591. The van der Waals surface area contributed by atoms with Crippen LogP contribution < -0.4 is 5.32 Å². The molecule has 0 fully saturated rings. The highest BCUT2D eigenvalue weighted by Crippen LogP contribution is 2.20. The van der Waals surface area contributed by atoms with Crippen LogP contribution in [0.1, 0.15) is 23.0 Å². The van der Waals surface area contributed by atoms with E-state index in [4.69, 9.17) is 14.3 Å². The van der Waals surface area contributed by atoms with Crippen molar-refractivity contribution < 1.29 is 19.1 Å². The molecule has 5 nitrogen and oxygen atoms in total. The zero-order valence-electron chi connectivity index (χ0n) is 11.7. The third-order valence-corrected chi connectivity index (χ3v) is 3.06. The van der Waals surface area contributed by atoms with E-state index in [1.165, 1.54) is 0 Å². The van der Waals surface area contributed by atoms with E-state index in [1.54, 1.807) is 19.2 Å². The number of fused-ring (bicyclic) bond motifs is 1. The lowest BCUT2D eigenvalue weighted by atomic mass is 10.1. The van der Waals surface area contributed by atoms with Gasteiger partial charge in [-0.25, -0.2) is 4.79 Å². The maximum atomic E-state index is 10.8. The fourth-order valence-corrected chi connectivity index (χ4v) is 2.11. The Morgan fingerprint density at radius 3 is 2.95 bits per heavy atom. The molecule has 0 amide bonds. The highest BCUT2D eigenvalue weighted by atomic mass is 16.5. The summed E-state index contributed by atoms with van der Waals surface area (Å²) in [6, 6.07) is 7.23. The molecular weight excluding hydrogens is 258 g/mol. The molecule has 1 heterocycles. The van der Waals surface area contributed by atoms with Crippen LogP contribution in [0.25, 0.3) is 11.0 Å². The molecule has 0 bridgehead atoms. The molecule has 1 atom stereocenters. The van der Waals surface area contributed by atoms with Crippen molar-refractivity contribution in [1.29, 1.82) is 0 Å². The summed E-state index contributed by atoms with van der Waals surface area (Å²) in [5.41, 5.74) is 1.69. The van der Waals surface area contributed by atoms with Crippen LogP contribution in [0.5, 0.6) is 0 Å². The molecule has 0 saturated heterocycles. The van der Waals surface area contributed by atoms with Crippen molar-refractivity contribution in [3.8, 4) is 0 Å². The summed E-state index contributed by atoms with van der Waals surface area (Å²) in [5, 5.41) is 13.1. The van der Waals surface area contributed by atoms with Crippen molar-refractivity contribution in [2.45, 2.75) is 13.5 Å². The summed E-state index contributed by atoms with van der Waals surface area (Å²) in [6.07, 6.45) is 0. The number of hydrogen-bond acceptors (Lipinski definition) is 4. The third-order valence-electron chi connectivity index (χ3n) is 3.06. The molecule has 1 aromatic carbocycles. The van der Waals surface area contributed by atoms with Crippen molar-refractivity contribution in [2.24, 2.45) is 5.92 Å². The fourth-order valence-electron chi connectivity index (χ4n) is 2.11. The standard InChI is InChI=1S/C15H19NO4/c1-10(9-19-2)7-16-8-11-3-4-13-12(5-11)6-14(20-13)15(17)18/h3-6,10,16H,7-9H2,1-2H3,(H,17,18). The monoisotopic (exact) mass is 277 g/mol. The Balaban J connectivity index is 1.99. The molecular formula is C15H19NO4. The SMILES string of the molecule is COCC(C)CNCc1ccc2oc(C(=O)O)cc2c1. The van der Waals surface area contributed by atoms with E-state index in [0.717, 1.165) is 30.6 Å². The maximum absolute atomic E-state index is 10.8. The zero-order valence-corrected chi connectivity index (χ0v) is 11.7.